The largest absolute Gasteiger partial charge is 0.483 e. The first-order chi connectivity index (χ1) is 10.1. The van der Waals surface area contributed by atoms with Crippen LogP contribution in [0.4, 0.5) is 0 Å². The summed E-state index contributed by atoms with van der Waals surface area (Å²) in [6.07, 6.45) is 1.80. The summed E-state index contributed by atoms with van der Waals surface area (Å²) >= 11 is 1.57. The third-order valence-electron chi connectivity index (χ3n) is 3.22. The van der Waals surface area contributed by atoms with Gasteiger partial charge in [-0.25, -0.2) is 0 Å². The molecule has 0 unspecified atom stereocenters. The van der Waals surface area contributed by atoms with Crippen LogP contribution in [0.1, 0.15) is 25.7 Å². The number of rotatable bonds is 2. The molecule has 0 amide bonds. The number of fused-ring (bicyclic) bond motifs is 1. The number of nitrogens with one attached hydrogen (secondary N) is 1. The van der Waals surface area contributed by atoms with Crippen molar-refractivity contribution in [2.45, 2.75) is 13.8 Å². The number of hydrogen-bond acceptors (Lipinski definition) is 3. The Kier molecular flexibility index (Phi) is 4.55. The molecule has 3 rings (SSSR count). The minimum atomic E-state index is -0.250. The van der Waals surface area contributed by atoms with Gasteiger partial charge in [0, 0.05) is 27.5 Å². The van der Waals surface area contributed by atoms with E-state index in [0.29, 0.717) is 0 Å². The van der Waals surface area contributed by atoms with Gasteiger partial charge in [0.15, 0.2) is 0 Å². The van der Waals surface area contributed by atoms with Crippen molar-refractivity contribution in [3.63, 3.8) is 0 Å². The van der Waals surface area contributed by atoms with Crippen molar-refractivity contribution < 1.29 is 14.7 Å². The van der Waals surface area contributed by atoms with Crippen LogP contribution in [-0.2, 0) is 4.79 Å². The van der Waals surface area contributed by atoms with Crippen molar-refractivity contribution in [3.05, 3.63) is 57.4 Å². The molecule has 5 heteroatoms. The van der Waals surface area contributed by atoms with Crippen LogP contribution in [0.3, 0.4) is 0 Å². The van der Waals surface area contributed by atoms with E-state index < -0.39 is 0 Å². The molecule has 0 saturated heterocycles. The Hall–Kier alpha value is -2.40. The van der Waals surface area contributed by atoms with Gasteiger partial charge in [0.2, 0.25) is 5.78 Å². The number of carboxylic acid groups (broad SMARTS) is 1. The average Bonchev–Trinajstić information content (AvgIpc) is 3.03. The van der Waals surface area contributed by atoms with E-state index in [0.717, 1.165) is 21.3 Å². The Bertz CT molecular complexity index is 766. The number of para-hydroxylation sites is 1. The van der Waals surface area contributed by atoms with E-state index in [4.69, 9.17) is 9.90 Å². The number of ketones is 1. The predicted octanol–water partition coefficient (Wildman–Crippen LogP) is 3.78. The molecule has 2 heterocycles. The average molecular weight is 301 g/mol. The third kappa shape index (κ3) is 3.03. The number of carbonyl (C=O) groups excluding carboxylic acids is 1. The molecule has 0 spiro atoms. The van der Waals surface area contributed by atoms with Crippen molar-refractivity contribution in [2.24, 2.45) is 0 Å². The van der Waals surface area contributed by atoms with E-state index in [2.05, 4.69) is 4.98 Å². The Morgan fingerprint density at radius 3 is 2.57 bits per heavy atom. The number of hydrogen-bond donors (Lipinski definition) is 2. The molecule has 0 bridgehead atoms. The molecule has 2 N–H and O–H groups in total. The number of thiophene rings is 1. The van der Waals surface area contributed by atoms with Gasteiger partial charge in [0.1, 0.15) is 0 Å². The molecule has 108 valence electrons. The topological polar surface area (TPSA) is 70.2 Å². The first kappa shape index (κ1) is 15.0. The lowest BCUT2D eigenvalue weighted by Gasteiger charge is -1.95. The van der Waals surface area contributed by atoms with Crippen LogP contribution in [0.5, 0.6) is 0 Å². The maximum Gasteiger partial charge on any atom is 0.290 e. The fourth-order valence-electron chi connectivity index (χ4n) is 2.08. The first-order valence-corrected chi connectivity index (χ1v) is 7.15. The summed E-state index contributed by atoms with van der Waals surface area (Å²) in [5, 5.41) is 7.88. The van der Waals surface area contributed by atoms with E-state index in [-0.39, 0.29) is 12.3 Å². The van der Waals surface area contributed by atoms with E-state index in [1.165, 1.54) is 10.4 Å². The summed E-state index contributed by atoms with van der Waals surface area (Å²) in [6.45, 7) is 3.84. The first-order valence-electron chi connectivity index (χ1n) is 6.34. The predicted molar refractivity (Wildman–Crippen MR) is 84.2 cm³/mol. The van der Waals surface area contributed by atoms with Gasteiger partial charge in [-0.1, -0.05) is 18.2 Å². The van der Waals surface area contributed by atoms with Crippen molar-refractivity contribution >= 4 is 34.5 Å². The second-order valence-corrected chi connectivity index (χ2v) is 5.79. The minimum Gasteiger partial charge on any atom is -0.483 e. The molecule has 0 fully saturated rings. The lowest BCUT2D eigenvalue weighted by atomic mass is 10.1. The van der Waals surface area contributed by atoms with E-state index in [9.17, 15) is 4.79 Å². The third-order valence-corrected chi connectivity index (χ3v) is 4.37. The molecule has 0 aliphatic heterocycles. The van der Waals surface area contributed by atoms with Gasteiger partial charge in [-0.05, 0) is 31.5 Å². The van der Waals surface area contributed by atoms with Gasteiger partial charge in [0.25, 0.3) is 6.47 Å². The maximum atomic E-state index is 12.5. The van der Waals surface area contributed by atoms with Gasteiger partial charge in [-0.2, -0.15) is 0 Å². The molecule has 0 saturated carbocycles. The minimum absolute atomic E-state index is 0.105. The molecule has 21 heavy (non-hydrogen) atoms. The molecule has 0 aliphatic carbocycles. The Morgan fingerprint density at radius 2 is 1.95 bits per heavy atom. The highest BCUT2D eigenvalue weighted by Crippen LogP contribution is 2.26. The molecular formula is C16H15NO3S. The summed E-state index contributed by atoms with van der Waals surface area (Å²) in [6, 6.07) is 9.86. The SMILES string of the molecule is Cc1cc(C(=O)c2c[nH]c3ccccc23)sc1C.O=CO. The van der Waals surface area contributed by atoms with Crippen LogP contribution in [0, 0.1) is 13.8 Å². The van der Waals surface area contributed by atoms with Crippen molar-refractivity contribution in [3.8, 4) is 0 Å². The van der Waals surface area contributed by atoms with Gasteiger partial charge in [-0.15, -0.1) is 11.3 Å². The zero-order valence-electron chi connectivity index (χ0n) is 11.7. The van der Waals surface area contributed by atoms with Gasteiger partial charge in [-0.3, -0.25) is 9.59 Å². The van der Waals surface area contributed by atoms with Crippen LogP contribution in [-0.4, -0.2) is 22.3 Å². The Labute approximate surface area is 126 Å². The molecule has 0 radical (unpaired) electrons. The van der Waals surface area contributed by atoms with Crippen molar-refractivity contribution in [2.75, 3.05) is 0 Å². The normalized spacial score (nSPS) is 10.0. The molecule has 3 aromatic rings. The van der Waals surface area contributed by atoms with Crippen molar-refractivity contribution in [1.29, 1.82) is 0 Å². The van der Waals surface area contributed by atoms with E-state index >= 15 is 0 Å². The van der Waals surface area contributed by atoms with Crippen LogP contribution in [0.25, 0.3) is 10.9 Å². The number of aromatic nitrogens is 1. The van der Waals surface area contributed by atoms with Gasteiger partial charge in [0.05, 0.1) is 4.88 Å². The number of benzene rings is 1. The number of carbonyl (C=O) groups is 2. The quantitative estimate of drug-likeness (QED) is 0.559. The van der Waals surface area contributed by atoms with Crippen LogP contribution in [0.2, 0.25) is 0 Å². The summed E-state index contributed by atoms with van der Waals surface area (Å²) in [4.78, 5) is 26.0. The number of aromatic amines is 1. The fraction of sp³-hybridized carbons (Fsp3) is 0.125. The second-order valence-electron chi connectivity index (χ2n) is 4.53. The van der Waals surface area contributed by atoms with Crippen LogP contribution < -0.4 is 0 Å². The highest BCUT2D eigenvalue weighted by atomic mass is 32.1. The summed E-state index contributed by atoms with van der Waals surface area (Å²) in [7, 11) is 0. The Morgan fingerprint density at radius 1 is 1.29 bits per heavy atom. The molecule has 4 nitrogen and oxygen atoms in total. The van der Waals surface area contributed by atoms with E-state index in [1.807, 2.05) is 44.2 Å². The number of aryl methyl sites for hydroxylation is 2. The lowest BCUT2D eigenvalue weighted by molar-refractivity contribution is -0.122. The zero-order chi connectivity index (χ0) is 15.4. The Balaban J connectivity index is 0.000000497. The summed E-state index contributed by atoms with van der Waals surface area (Å²) in [5.74, 6) is 0.105. The molecular weight excluding hydrogens is 286 g/mol. The number of H-pyrrole nitrogens is 1. The highest BCUT2D eigenvalue weighted by molar-refractivity contribution is 7.14. The maximum absolute atomic E-state index is 12.5. The molecule has 0 atom stereocenters. The zero-order valence-corrected chi connectivity index (χ0v) is 12.5. The molecule has 0 aliphatic rings. The van der Waals surface area contributed by atoms with Crippen LogP contribution in [0.15, 0.2) is 36.5 Å². The molecule has 1 aromatic carbocycles. The van der Waals surface area contributed by atoms with Crippen LogP contribution >= 0.6 is 11.3 Å². The summed E-state index contributed by atoms with van der Waals surface area (Å²) in [5.41, 5.74) is 2.95. The van der Waals surface area contributed by atoms with Gasteiger partial charge >= 0.3 is 0 Å². The second kappa shape index (κ2) is 6.37. The highest BCUT2D eigenvalue weighted by Gasteiger charge is 2.16. The molecule has 2 aromatic heterocycles. The lowest BCUT2D eigenvalue weighted by Crippen LogP contribution is -1.96. The van der Waals surface area contributed by atoms with Crippen molar-refractivity contribution in [1.82, 2.24) is 4.98 Å². The fourth-order valence-corrected chi connectivity index (χ4v) is 3.07. The summed E-state index contributed by atoms with van der Waals surface area (Å²) < 4.78 is 0. The van der Waals surface area contributed by atoms with E-state index in [1.54, 1.807) is 17.5 Å². The standard InChI is InChI=1S/C15H13NOS.CH2O2/c1-9-7-14(18-10(9)2)15(17)12-8-16-13-6-4-3-5-11(12)13;2-1-3/h3-8,16H,1-2H3;1H,(H,2,3). The smallest absolute Gasteiger partial charge is 0.290 e. The van der Waals surface area contributed by atoms with Gasteiger partial charge < -0.3 is 10.1 Å². The monoisotopic (exact) mass is 301 g/mol.